The van der Waals surface area contributed by atoms with Gasteiger partial charge in [0.15, 0.2) is 0 Å². The van der Waals surface area contributed by atoms with Gasteiger partial charge in [0.25, 0.3) is 0 Å². The summed E-state index contributed by atoms with van der Waals surface area (Å²) < 4.78 is 0. The first-order valence-corrected chi connectivity index (χ1v) is 6.16. The predicted molar refractivity (Wildman–Crippen MR) is 69.2 cm³/mol. The number of nitrogens with one attached hydrogen (secondary N) is 1. The number of hydrogen-bond donors (Lipinski definition) is 1. The average Bonchev–Trinajstić information content (AvgIpc) is 2.73. The molecule has 3 nitrogen and oxygen atoms in total. The molecule has 1 aliphatic rings. The molecule has 88 valence electrons. The number of aryl methyl sites for hydroxylation is 1. The molecule has 2 heterocycles. The summed E-state index contributed by atoms with van der Waals surface area (Å²) in [6.45, 7) is 8.68. The van der Waals surface area contributed by atoms with E-state index in [1.165, 1.54) is 12.8 Å². The molecule has 0 aliphatic carbocycles. The third-order valence-electron chi connectivity index (χ3n) is 2.95. The van der Waals surface area contributed by atoms with Crippen LogP contribution in [0.2, 0.25) is 0 Å². The molecule has 1 aromatic rings. The summed E-state index contributed by atoms with van der Waals surface area (Å²) in [7, 11) is 0. The van der Waals surface area contributed by atoms with Gasteiger partial charge in [0, 0.05) is 19.1 Å². The summed E-state index contributed by atoms with van der Waals surface area (Å²) >= 11 is 0. The van der Waals surface area contributed by atoms with Crippen LogP contribution in [0.1, 0.15) is 32.4 Å². The van der Waals surface area contributed by atoms with Crippen LogP contribution in [0.5, 0.6) is 0 Å². The Morgan fingerprint density at radius 1 is 1.25 bits per heavy atom. The Bertz CT molecular complexity index is 354. The van der Waals surface area contributed by atoms with Gasteiger partial charge in [-0.1, -0.05) is 0 Å². The van der Waals surface area contributed by atoms with E-state index in [2.05, 4.69) is 48.1 Å². The van der Waals surface area contributed by atoms with Crippen molar-refractivity contribution in [2.24, 2.45) is 0 Å². The highest BCUT2D eigenvalue weighted by molar-refractivity contribution is 5.54. The summed E-state index contributed by atoms with van der Waals surface area (Å²) in [5, 5.41) is 3.41. The van der Waals surface area contributed by atoms with Crippen LogP contribution in [0, 0.1) is 6.92 Å². The molecule has 1 N–H and O–H groups in total. The summed E-state index contributed by atoms with van der Waals surface area (Å²) in [5.74, 6) is 1.13. The zero-order valence-electron chi connectivity index (χ0n) is 10.5. The lowest BCUT2D eigenvalue weighted by atomic mass is 10.2. The van der Waals surface area contributed by atoms with E-state index in [1.807, 2.05) is 0 Å². The molecular formula is C13H21N3. The normalized spacial score (nSPS) is 15.9. The highest BCUT2D eigenvalue weighted by atomic mass is 15.2. The van der Waals surface area contributed by atoms with E-state index in [0.29, 0.717) is 6.04 Å². The molecule has 1 fully saturated rings. The quantitative estimate of drug-likeness (QED) is 0.847. The Labute approximate surface area is 97.9 Å². The van der Waals surface area contributed by atoms with E-state index in [0.717, 1.165) is 30.3 Å². The fraction of sp³-hybridized carbons (Fsp3) is 0.615. The Hall–Kier alpha value is -1.25. The number of hydrogen-bond acceptors (Lipinski definition) is 3. The van der Waals surface area contributed by atoms with E-state index < -0.39 is 0 Å². The minimum absolute atomic E-state index is 0.457. The Balaban J connectivity index is 2.15. The lowest BCUT2D eigenvalue weighted by Crippen LogP contribution is -2.19. The van der Waals surface area contributed by atoms with Crippen molar-refractivity contribution in [3.8, 4) is 0 Å². The lowest BCUT2D eigenvalue weighted by Gasteiger charge is -2.19. The monoisotopic (exact) mass is 219 g/mol. The van der Waals surface area contributed by atoms with E-state index in [1.54, 1.807) is 0 Å². The molecule has 0 atom stereocenters. The maximum atomic E-state index is 4.67. The van der Waals surface area contributed by atoms with E-state index in [4.69, 9.17) is 0 Å². The minimum Gasteiger partial charge on any atom is -0.381 e. The van der Waals surface area contributed by atoms with Crippen LogP contribution in [0.25, 0.3) is 0 Å². The highest BCUT2D eigenvalue weighted by Gasteiger charge is 2.14. The first-order valence-electron chi connectivity index (χ1n) is 6.16. The molecule has 1 aliphatic heterocycles. The molecule has 1 aromatic heterocycles. The van der Waals surface area contributed by atoms with Crippen LogP contribution >= 0.6 is 0 Å². The molecule has 0 unspecified atom stereocenters. The van der Waals surface area contributed by atoms with Crippen LogP contribution in [-0.2, 0) is 0 Å². The molecule has 1 saturated heterocycles. The largest absolute Gasteiger partial charge is 0.381 e. The van der Waals surface area contributed by atoms with Crippen molar-refractivity contribution in [1.29, 1.82) is 0 Å². The number of pyridine rings is 1. The molecule has 0 aromatic carbocycles. The number of nitrogens with zero attached hydrogens (tertiary/aromatic N) is 2. The third kappa shape index (κ3) is 2.46. The van der Waals surface area contributed by atoms with Crippen LogP contribution < -0.4 is 10.2 Å². The van der Waals surface area contributed by atoms with Gasteiger partial charge in [-0.3, -0.25) is 0 Å². The molecule has 0 amide bonds. The van der Waals surface area contributed by atoms with Crippen molar-refractivity contribution in [3.63, 3.8) is 0 Å². The summed E-state index contributed by atoms with van der Waals surface area (Å²) in [4.78, 5) is 7.04. The standard InChI is InChI=1S/C13H21N3/c1-10(2)14-12-6-7-13(15-11(12)3)16-8-4-5-9-16/h6-7,10,14H,4-5,8-9H2,1-3H3. The van der Waals surface area contributed by atoms with E-state index in [9.17, 15) is 0 Å². The van der Waals surface area contributed by atoms with Gasteiger partial charge < -0.3 is 10.2 Å². The van der Waals surface area contributed by atoms with E-state index in [-0.39, 0.29) is 0 Å². The maximum Gasteiger partial charge on any atom is 0.128 e. The van der Waals surface area contributed by atoms with Gasteiger partial charge in [-0.15, -0.1) is 0 Å². The van der Waals surface area contributed by atoms with Gasteiger partial charge in [0.2, 0.25) is 0 Å². The fourth-order valence-corrected chi connectivity index (χ4v) is 2.13. The van der Waals surface area contributed by atoms with Crippen molar-refractivity contribution in [1.82, 2.24) is 4.98 Å². The van der Waals surface area contributed by atoms with Crippen LogP contribution in [0.15, 0.2) is 12.1 Å². The Kier molecular flexibility index (Phi) is 3.32. The van der Waals surface area contributed by atoms with Crippen molar-refractivity contribution >= 4 is 11.5 Å². The van der Waals surface area contributed by atoms with Crippen molar-refractivity contribution in [2.75, 3.05) is 23.3 Å². The van der Waals surface area contributed by atoms with Crippen molar-refractivity contribution < 1.29 is 0 Å². The highest BCUT2D eigenvalue weighted by Crippen LogP contribution is 2.22. The number of aromatic nitrogens is 1. The second kappa shape index (κ2) is 4.73. The predicted octanol–water partition coefficient (Wildman–Crippen LogP) is 2.81. The lowest BCUT2D eigenvalue weighted by molar-refractivity contribution is 0.887. The van der Waals surface area contributed by atoms with Gasteiger partial charge in [-0.25, -0.2) is 4.98 Å². The molecule has 16 heavy (non-hydrogen) atoms. The second-order valence-electron chi connectivity index (χ2n) is 4.80. The van der Waals surface area contributed by atoms with Gasteiger partial charge in [-0.2, -0.15) is 0 Å². The zero-order valence-corrected chi connectivity index (χ0v) is 10.5. The summed E-state index contributed by atoms with van der Waals surface area (Å²) in [5.41, 5.74) is 2.25. The van der Waals surface area contributed by atoms with Gasteiger partial charge >= 0.3 is 0 Å². The SMILES string of the molecule is Cc1nc(N2CCCC2)ccc1NC(C)C. The fourth-order valence-electron chi connectivity index (χ4n) is 2.13. The minimum atomic E-state index is 0.457. The number of anilines is 2. The molecule has 0 bridgehead atoms. The van der Waals surface area contributed by atoms with Crippen molar-refractivity contribution in [2.45, 2.75) is 39.7 Å². The van der Waals surface area contributed by atoms with E-state index >= 15 is 0 Å². The second-order valence-corrected chi connectivity index (χ2v) is 4.80. The number of rotatable bonds is 3. The first-order chi connectivity index (χ1) is 7.66. The molecule has 2 rings (SSSR count). The molecule has 3 heteroatoms. The molecular weight excluding hydrogens is 198 g/mol. The van der Waals surface area contributed by atoms with Crippen LogP contribution in [-0.4, -0.2) is 24.1 Å². The van der Waals surface area contributed by atoms with Crippen molar-refractivity contribution in [3.05, 3.63) is 17.8 Å². The molecule has 0 saturated carbocycles. The Morgan fingerprint density at radius 2 is 1.94 bits per heavy atom. The molecule has 0 spiro atoms. The topological polar surface area (TPSA) is 28.2 Å². The smallest absolute Gasteiger partial charge is 0.128 e. The Morgan fingerprint density at radius 3 is 2.50 bits per heavy atom. The summed E-state index contributed by atoms with van der Waals surface area (Å²) in [6.07, 6.45) is 2.60. The zero-order chi connectivity index (χ0) is 11.5. The van der Waals surface area contributed by atoms with Crippen LogP contribution in [0.4, 0.5) is 11.5 Å². The maximum absolute atomic E-state index is 4.67. The van der Waals surface area contributed by atoms with Gasteiger partial charge in [0.1, 0.15) is 5.82 Å². The molecule has 0 radical (unpaired) electrons. The summed E-state index contributed by atoms with van der Waals surface area (Å²) in [6, 6.07) is 4.73. The first kappa shape index (κ1) is 11.2. The average molecular weight is 219 g/mol. The van der Waals surface area contributed by atoms with Gasteiger partial charge in [0.05, 0.1) is 11.4 Å². The third-order valence-corrected chi connectivity index (χ3v) is 2.95. The van der Waals surface area contributed by atoms with Gasteiger partial charge in [-0.05, 0) is 45.7 Å². The van der Waals surface area contributed by atoms with Crippen LogP contribution in [0.3, 0.4) is 0 Å².